The summed E-state index contributed by atoms with van der Waals surface area (Å²) in [6, 6.07) is 0. The highest BCUT2D eigenvalue weighted by atomic mass is 32.1. The molecule has 0 aliphatic heterocycles. The highest BCUT2D eigenvalue weighted by Crippen LogP contribution is 1.76. The quantitative estimate of drug-likeness (QED) is 0.179. The standard InChI is InChI=1S/C3H9NO2S/c4-3-6-5-1-2-7/h7H,1-4H2. The topological polar surface area (TPSA) is 44.5 Å². The predicted octanol–water partition coefficient (Wildman–Crippen LogP) is -0.219. The molecule has 0 aliphatic carbocycles. The molecule has 0 atom stereocenters. The van der Waals surface area contributed by atoms with Crippen molar-refractivity contribution in [3.05, 3.63) is 0 Å². The Balaban J connectivity index is 2.45. The number of hydrogen-bond donors (Lipinski definition) is 2. The van der Waals surface area contributed by atoms with E-state index in [4.69, 9.17) is 5.73 Å². The van der Waals surface area contributed by atoms with Crippen molar-refractivity contribution in [3.8, 4) is 0 Å². The van der Waals surface area contributed by atoms with Crippen molar-refractivity contribution in [2.24, 2.45) is 5.73 Å². The van der Waals surface area contributed by atoms with Gasteiger partial charge >= 0.3 is 0 Å². The first kappa shape index (κ1) is 7.23. The fraction of sp³-hybridized carbons (Fsp3) is 1.00. The Morgan fingerprint density at radius 1 is 1.43 bits per heavy atom. The van der Waals surface area contributed by atoms with Gasteiger partial charge in [0.05, 0.1) is 6.61 Å². The Labute approximate surface area is 48.1 Å². The van der Waals surface area contributed by atoms with Crippen LogP contribution in [0.2, 0.25) is 0 Å². The lowest BCUT2D eigenvalue weighted by atomic mass is 10.9. The molecule has 0 radical (unpaired) electrons. The van der Waals surface area contributed by atoms with Crippen LogP contribution in [0.1, 0.15) is 0 Å². The molecule has 0 aromatic rings. The lowest BCUT2D eigenvalue weighted by Crippen LogP contribution is -2.06. The molecule has 0 bridgehead atoms. The Kier molecular flexibility index (Phi) is 6.43. The van der Waals surface area contributed by atoms with E-state index in [0.29, 0.717) is 12.4 Å². The van der Waals surface area contributed by atoms with Gasteiger partial charge < -0.3 is 5.73 Å². The third-order valence-electron chi connectivity index (χ3n) is 0.326. The van der Waals surface area contributed by atoms with Crippen molar-refractivity contribution in [3.63, 3.8) is 0 Å². The molecule has 0 fully saturated rings. The average Bonchev–Trinajstić information content (AvgIpc) is 1.69. The average molecular weight is 123 g/mol. The Morgan fingerprint density at radius 2 is 2.14 bits per heavy atom. The molecule has 0 saturated carbocycles. The van der Waals surface area contributed by atoms with Crippen LogP contribution in [-0.2, 0) is 9.78 Å². The van der Waals surface area contributed by atoms with Gasteiger partial charge in [0.15, 0.2) is 0 Å². The van der Waals surface area contributed by atoms with Gasteiger partial charge in [-0.1, -0.05) is 0 Å². The Hall–Kier alpha value is 0.230. The Bertz CT molecular complexity index is 32.1. The summed E-state index contributed by atoms with van der Waals surface area (Å²) in [5, 5.41) is 0. The molecule has 0 aromatic carbocycles. The fourth-order valence-electron chi connectivity index (χ4n) is 0.144. The van der Waals surface area contributed by atoms with Crippen molar-refractivity contribution in [1.82, 2.24) is 0 Å². The van der Waals surface area contributed by atoms with Gasteiger partial charge in [-0.25, -0.2) is 9.78 Å². The van der Waals surface area contributed by atoms with E-state index >= 15 is 0 Å². The maximum Gasteiger partial charge on any atom is 0.130 e. The zero-order valence-corrected chi connectivity index (χ0v) is 4.86. The molecule has 0 spiro atoms. The zero-order chi connectivity index (χ0) is 5.54. The van der Waals surface area contributed by atoms with Gasteiger partial charge in [0.25, 0.3) is 0 Å². The second kappa shape index (κ2) is 6.23. The van der Waals surface area contributed by atoms with Crippen LogP contribution in [0.25, 0.3) is 0 Å². The molecular weight excluding hydrogens is 114 g/mol. The lowest BCUT2D eigenvalue weighted by molar-refractivity contribution is -0.288. The fourth-order valence-corrected chi connectivity index (χ4v) is 0.219. The van der Waals surface area contributed by atoms with Crippen molar-refractivity contribution in [2.45, 2.75) is 0 Å². The van der Waals surface area contributed by atoms with Gasteiger partial charge in [-0.15, -0.1) is 0 Å². The monoisotopic (exact) mass is 123 g/mol. The van der Waals surface area contributed by atoms with E-state index < -0.39 is 0 Å². The molecule has 0 rings (SSSR count). The molecule has 0 unspecified atom stereocenters. The second-order valence-corrected chi connectivity index (χ2v) is 1.28. The van der Waals surface area contributed by atoms with Gasteiger partial charge in [-0.05, 0) is 0 Å². The van der Waals surface area contributed by atoms with Crippen LogP contribution in [-0.4, -0.2) is 19.1 Å². The minimum atomic E-state index is 0.105. The van der Waals surface area contributed by atoms with Crippen molar-refractivity contribution >= 4 is 12.6 Å². The molecule has 0 amide bonds. The van der Waals surface area contributed by atoms with Crippen LogP contribution < -0.4 is 5.73 Å². The normalized spacial score (nSPS) is 9.43. The van der Waals surface area contributed by atoms with Crippen LogP contribution in [0.3, 0.4) is 0 Å². The molecule has 0 saturated heterocycles. The van der Waals surface area contributed by atoms with E-state index in [1.165, 1.54) is 0 Å². The zero-order valence-electron chi connectivity index (χ0n) is 3.96. The van der Waals surface area contributed by atoms with Gasteiger partial charge in [0.2, 0.25) is 0 Å². The highest BCUT2D eigenvalue weighted by Gasteiger charge is 1.78. The molecule has 4 heteroatoms. The first-order chi connectivity index (χ1) is 3.41. The molecule has 0 aliphatic rings. The third-order valence-corrected chi connectivity index (χ3v) is 0.509. The summed E-state index contributed by atoms with van der Waals surface area (Å²) in [5.41, 5.74) is 4.90. The second-order valence-electron chi connectivity index (χ2n) is 0.830. The molecule has 3 nitrogen and oxygen atoms in total. The smallest absolute Gasteiger partial charge is 0.130 e. The van der Waals surface area contributed by atoms with Crippen LogP contribution in [0.5, 0.6) is 0 Å². The maximum absolute atomic E-state index is 4.90. The van der Waals surface area contributed by atoms with Crippen LogP contribution in [0.15, 0.2) is 0 Å². The van der Waals surface area contributed by atoms with Crippen molar-refractivity contribution < 1.29 is 9.78 Å². The van der Waals surface area contributed by atoms with E-state index in [-0.39, 0.29) is 6.73 Å². The summed E-state index contributed by atoms with van der Waals surface area (Å²) < 4.78 is 0. The summed E-state index contributed by atoms with van der Waals surface area (Å²) in [7, 11) is 0. The van der Waals surface area contributed by atoms with Crippen LogP contribution >= 0.6 is 12.6 Å². The van der Waals surface area contributed by atoms with Gasteiger partial charge in [0.1, 0.15) is 6.73 Å². The largest absolute Gasteiger partial charge is 0.306 e. The molecule has 0 heterocycles. The number of rotatable bonds is 4. The van der Waals surface area contributed by atoms with E-state index in [2.05, 4.69) is 22.4 Å². The van der Waals surface area contributed by atoms with Crippen LogP contribution in [0.4, 0.5) is 0 Å². The first-order valence-electron chi connectivity index (χ1n) is 1.97. The van der Waals surface area contributed by atoms with E-state index in [1.54, 1.807) is 0 Å². The lowest BCUT2D eigenvalue weighted by Gasteiger charge is -1.95. The van der Waals surface area contributed by atoms with E-state index in [1.807, 2.05) is 0 Å². The van der Waals surface area contributed by atoms with Crippen LogP contribution in [0, 0.1) is 0 Å². The molecule has 7 heavy (non-hydrogen) atoms. The van der Waals surface area contributed by atoms with E-state index in [9.17, 15) is 0 Å². The van der Waals surface area contributed by atoms with Crippen molar-refractivity contribution in [1.29, 1.82) is 0 Å². The summed E-state index contributed by atoms with van der Waals surface area (Å²) in [5.74, 6) is 0.653. The number of nitrogens with two attached hydrogens (primary N) is 1. The summed E-state index contributed by atoms with van der Waals surface area (Å²) >= 11 is 3.85. The van der Waals surface area contributed by atoms with Gasteiger partial charge in [0, 0.05) is 5.75 Å². The minimum absolute atomic E-state index is 0.105. The molecule has 0 aromatic heterocycles. The maximum atomic E-state index is 4.90. The SMILES string of the molecule is NCOOCCS. The summed E-state index contributed by atoms with van der Waals surface area (Å²) in [4.78, 5) is 8.73. The number of thiol groups is 1. The van der Waals surface area contributed by atoms with Gasteiger partial charge in [-0.2, -0.15) is 12.6 Å². The third kappa shape index (κ3) is 6.23. The minimum Gasteiger partial charge on any atom is -0.306 e. The molecular formula is C3H9NO2S. The predicted molar refractivity (Wildman–Crippen MR) is 29.9 cm³/mol. The Morgan fingerprint density at radius 3 is 2.57 bits per heavy atom. The summed E-state index contributed by atoms with van der Waals surface area (Å²) in [6.45, 7) is 0.591. The highest BCUT2D eigenvalue weighted by molar-refractivity contribution is 7.80. The van der Waals surface area contributed by atoms with Crippen molar-refractivity contribution in [2.75, 3.05) is 19.1 Å². The van der Waals surface area contributed by atoms with E-state index in [0.717, 1.165) is 0 Å². The molecule has 2 N–H and O–H groups in total. The summed E-state index contributed by atoms with van der Waals surface area (Å²) in [6.07, 6.45) is 0. The number of hydrogen-bond acceptors (Lipinski definition) is 4. The van der Waals surface area contributed by atoms with Gasteiger partial charge in [-0.3, -0.25) is 0 Å². The molecule has 44 valence electrons. The first-order valence-corrected chi connectivity index (χ1v) is 2.60.